The summed E-state index contributed by atoms with van der Waals surface area (Å²) in [5.41, 5.74) is 12.1. The average molecular weight is 650 g/mol. The van der Waals surface area contributed by atoms with E-state index in [9.17, 15) is 0 Å². The molecule has 8 rings (SSSR count). The van der Waals surface area contributed by atoms with Crippen molar-refractivity contribution in [3.05, 3.63) is 186 Å². The lowest BCUT2D eigenvalue weighted by atomic mass is 9.87. The van der Waals surface area contributed by atoms with E-state index in [1.54, 1.807) is 0 Å². The molecule has 244 valence electrons. The van der Waals surface area contributed by atoms with E-state index in [0.29, 0.717) is 0 Å². The maximum Gasteiger partial charge on any atom is 0.159 e. The van der Waals surface area contributed by atoms with Crippen LogP contribution in [-0.2, 0) is 0 Å². The third-order valence-electron chi connectivity index (χ3n) is 9.47. The van der Waals surface area contributed by atoms with E-state index in [1.165, 1.54) is 11.3 Å². The zero-order valence-electron chi connectivity index (χ0n) is 28.3. The monoisotopic (exact) mass is 649 g/mol. The second kappa shape index (κ2) is 13.8. The first-order valence-electron chi connectivity index (χ1n) is 17.3. The smallest absolute Gasteiger partial charge is 0.159 e. The SMILES string of the molecule is CC1=CC=CC(C2=CC=CC(C3N=C(c4cc(-c5ccccc5)cc(-c5ccccc5)c4)N=C(c4cccc(-c5cccc(C)n5)c4)N3)C2)N1. The van der Waals surface area contributed by atoms with Crippen LogP contribution in [0.5, 0.6) is 0 Å². The third-order valence-corrected chi connectivity index (χ3v) is 9.47. The number of aromatic nitrogens is 1. The fraction of sp³-hybridized carbons (Fsp3) is 0.133. The topological polar surface area (TPSA) is 61.7 Å². The molecule has 3 heterocycles. The lowest BCUT2D eigenvalue weighted by molar-refractivity contribution is 0.457. The zero-order valence-corrected chi connectivity index (χ0v) is 28.3. The second-order valence-electron chi connectivity index (χ2n) is 13.1. The number of hydrogen-bond acceptors (Lipinski definition) is 5. The lowest BCUT2D eigenvalue weighted by Gasteiger charge is -2.32. The largest absolute Gasteiger partial charge is 0.379 e. The average Bonchev–Trinajstić information content (AvgIpc) is 3.18. The summed E-state index contributed by atoms with van der Waals surface area (Å²) < 4.78 is 0. The molecule has 2 N–H and O–H groups in total. The standard InChI is InChI=1S/C45H39N5/c1-30-13-9-23-41(46-30)34-19-11-21-36(25-34)43-48-44(37-22-12-20-35(26-37)42-24-10-14-31(2)47-42)50-45(49-43)40-28-38(32-15-5-3-6-16-32)27-39(29-40)33-17-7-4-8-18-33/h3-25,27-29,37,42,44,47H,26H2,1-2H3,(H,48,49,50). The number of nitrogens with one attached hydrogen (secondary N) is 2. The number of nitrogens with zero attached hydrogens (tertiary/aromatic N) is 3. The Hall–Kier alpha value is -6.07. The van der Waals surface area contributed by atoms with Crippen molar-refractivity contribution in [2.75, 3.05) is 0 Å². The van der Waals surface area contributed by atoms with Gasteiger partial charge in [-0.25, -0.2) is 9.98 Å². The van der Waals surface area contributed by atoms with E-state index >= 15 is 0 Å². The Morgan fingerprint density at radius 2 is 1.22 bits per heavy atom. The number of benzene rings is 4. The minimum absolute atomic E-state index is 0.129. The van der Waals surface area contributed by atoms with Crippen molar-refractivity contribution in [3.63, 3.8) is 0 Å². The molecular formula is C45H39N5. The molecule has 0 bridgehead atoms. The van der Waals surface area contributed by atoms with Crippen LogP contribution in [0.1, 0.15) is 30.2 Å². The Labute approximate surface area is 294 Å². The highest BCUT2D eigenvalue weighted by molar-refractivity contribution is 6.14. The summed E-state index contributed by atoms with van der Waals surface area (Å²) in [5, 5.41) is 7.40. The van der Waals surface area contributed by atoms with Crippen LogP contribution in [0.2, 0.25) is 0 Å². The summed E-state index contributed by atoms with van der Waals surface area (Å²) >= 11 is 0. The normalized spacial score (nSPS) is 19.8. The summed E-state index contributed by atoms with van der Waals surface area (Å²) in [4.78, 5) is 15.5. The molecule has 0 spiro atoms. The van der Waals surface area contributed by atoms with E-state index in [2.05, 4.69) is 169 Å². The first-order chi connectivity index (χ1) is 24.6. The van der Waals surface area contributed by atoms with E-state index < -0.39 is 0 Å². The Balaban J connectivity index is 1.22. The van der Waals surface area contributed by atoms with Gasteiger partial charge in [0.2, 0.25) is 0 Å². The minimum atomic E-state index is -0.219. The molecule has 0 saturated heterocycles. The molecule has 5 heteroatoms. The van der Waals surface area contributed by atoms with Crippen LogP contribution in [0.25, 0.3) is 33.5 Å². The number of aryl methyl sites for hydroxylation is 1. The molecule has 0 amide bonds. The van der Waals surface area contributed by atoms with Gasteiger partial charge in [-0.05, 0) is 90.6 Å². The number of dihydropyridines is 1. The van der Waals surface area contributed by atoms with Crippen molar-refractivity contribution in [3.8, 4) is 33.5 Å². The molecule has 2 aliphatic heterocycles. The first kappa shape index (κ1) is 31.2. The lowest BCUT2D eigenvalue weighted by Crippen LogP contribution is -2.44. The molecule has 3 atom stereocenters. The predicted octanol–water partition coefficient (Wildman–Crippen LogP) is 9.45. The van der Waals surface area contributed by atoms with Crippen molar-refractivity contribution >= 4 is 11.7 Å². The van der Waals surface area contributed by atoms with Gasteiger partial charge >= 0.3 is 0 Å². The van der Waals surface area contributed by atoms with Crippen LogP contribution in [0.4, 0.5) is 0 Å². The number of hydrogen-bond donors (Lipinski definition) is 2. The molecule has 0 radical (unpaired) electrons. The van der Waals surface area contributed by atoms with E-state index in [1.807, 2.05) is 13.0 Å². The van der Waals surface area contributed by atoms with Gasteiger partial charge in [0.1, 0.15) is 12.0 Å². The van der Waals surface area contributed by atoms with Crippen molar-refractivity contribution in [2.24, 2.45) is 15.9 Å². The maximum atomic E-state index is 5.39. The fourth-order valence-corrected chi connectivity index (χ4v) is 6.89. The first-order valence-corrected chi connectivity index (χ1v) is 17.3. The Morgan fingerprint density at radius 1 is 0.580 bits per heavy atom. The Bertz CT molecular complexity index is 2160. The highest BCUT2D eigenvalue weighted by Crippen LogP contribution is 2.32. The Kier molecular flexibility index (Phi) is 8.62. The van der Waals surface area contributed by atoms with Gasteiger partial charge < -0.3 is 10.6 Å². The number of amidine groups is 2. The zero-order chi connectivity index (χ0) is 33.9. The van der Waals surface area contributed by atoms with Gasteiger partial charge in [-0.1, -0.05) is 115 Å². The molecule has 0 saturated carbocycles. The number of allylic oxidation sites excluding steroid dienone is 5. The van der Waals surface area contributed by atoms with Crippen LogP contribution in [-0.4, -0.2) is 28.9 Å². The van der Waals surface area contributed by atoms with Crippen LogP contribution in [0, 0.1) is 12.8 Å². The van der Waals surface area contributed by atoms with Gasteiger partial charge in [0.05, 0.1) is 11.7 Å². The quantitative estimate of drug-likeness (QED) is 0.185. The fourth-order valence-electron chi connectivity index (χ4n) is 6.89. The molecule has 1 aromatic heterocycles. The van der Waals surface area contributed by atoms with Crippen LogP contribution in [0.15, 0.2) is 179 Å². The van der Waals surface area contributed by atoms with E-state index in [4.69, 9.17) is 15.0 Å². The molecule has 50 heavy (non-hydrogen) atoms. The van der Waals surface area contributed by atoms with Gasteiger partial charge in [-0.2, -0.15) is 0 Å². The van der Waals surface area contributed by atoms with Gasteiger partial charge in [-0.3, -0.25) is 4.98 Å². The van der Waals surface area contributed by atoms with Gasteiger partial charge in [0.15, 0.2) is 5.84 Å². The molecular weight excluding hydrogens is 611 g/mol. The van der Waals surface area contributed by atoms with Gasteiger partial charge in [0, 0.05) is 34.0 Å². The van der Waals surface area contributed by atoms with Crippen LogP contribution < -0.4 is 10.6 Å². The highest BCUT2D eigenvalue weighted by atomic mass is 15.2. The van der Waals surface area contributed by atoms with Gasteiger partial charge in [0.25, 0.3) is 0 Å². The number of rotatable bonds is 7. The Morgan fingerprint density at radius 3 is 1.94 bits per heavy atom. The molecule has 5 nitrogen and oxygen atoms in total. The number of aliphatic imine (C=N–C) groups is 2. The van der Waals surface area contributed by atoms with Crippen LogP contribution >= 0.6 is 0 Å². The summed E-state index contributed by atoms with van der Waals surface area (Å²) in [5.74, 6) is 1.65. The predicted molar refractivity (Wildman–Crippen MR) is 207 cm³/mol. The van der Waals surface area contributed by atoms with Crippen molar-refractivity contribution in [1.82, 2.24) is 15.6 Å². The van der Waals surface area contributed by atoms with Crippen molar-refractivity contribution < 1.29 is 0 Å². The van der Waals surface area contributed by atoms with Crippen LogP contribution in [0.3, 0.4) is 0 Å². The minimum Gasteiger partial charge on any atom is -0.379 e. The number of pyridine rings is 1. The molecule has 1 aliphatic carbocycles. The molecule has 3 aliphatic rings. The van der Waals surface area contributed by atoms with Crippen molar-refractivity contribution in [1.29, 1.82) is 0 Å². The second-order valence-corrected chi connectivity index (χ2v) is 13.1. The van der Waals surface area contributed by atoms with Gasteiger partial charge in [-0.15, -0.1) is 0 Å². The van der Waals surface area contributed by atoms with E-state index in [-0.39, 0.29) is 18.1 Å². The summed E-state index contributed by atoms with van der Waals surface area (Å²) in [7, 11) is 0. The molecule has 3 unspecified atom stereocenters. The maximum absolute atomic E-state index is 5.39. The molecule has 5 aromatic rings. The molecule has 0 fully saturated rings. The third kappa shape index (κ3) is 6.76. The van der Waals surface area contributed by atoms with Crippen molar-refractivity contribution in [2.45, 2.75) is 32.5 Å². The van der Waals surface area contributed by atoms with E-state index in [0.717, 1.165) is 68.4 Å². The highest BCUT2D eigenvalue weighted by Gasteiger charge is 2.29. The summed E-state index contributed by atoms with van der Waals surface area (Å²) in [6.45, 7) is 4.14. The summed E-state index contributed by atoms with van der Waals surface area (Å²) in [6, 6.07) is 42.6. The molecule has 4 aromatic carbocycles. The summed E-state index contributed by atoms with van der Waals surface area (Å²) in [6.07, 6.45) is 13.9.